The van der Waals surface area contributed by atoms with Gasteiger partial charge in [0.05, 0.1) is 0 Å². The van der Waals surface area contributed by atoms with Gasteiger partial charge in [-0.1, -0.05) is 49.6 Å². The average molecular weight is 217 g/mol. The van der Waals surface area contributed by atoms with Crippen molar-refractivity contribution in [3.8, 4) is 0 Å². The first-order valence-electron chi connectivity index (χ1n) is 6.52. The summed E-state index contributed by atoms with van der Waals surface area (Å²) in [5.74, 6) is 0. The van der Waals surface area contributed by atoms with E-state index in [1.165, 1.54) is 37.7 Å². The molecule has 0 spiro atoms. The number of hydrogen-bond acceptors (Lipinski definition) is 1. The lowest BCUT2D eigenvalue weighted by atomic mass is 9.65. The van der Waals surface area contributed by atoms with Crippen LogP contribution in [-0.2, 0) is 5.41 Å². The van der Waals surface area contributed by atoms with Crippen molar-refractivity contribution < 1.29 is 0 Å². The number of benzene rings is 1. The first-order chi connectivity index (χ1) is 7.79. The zero-order chi connectivity index (χ0) is 11.4. The topological polar surface area (TPSA) is 12.0 Å². The van der Waals surface area contributed by atoms with Crippen LogP contribution >= 0.6 is 0 Å². The maximum Gasteiger partial charge on any atom is 0.0133 e. The standard InChI is InChI=1S/C15H23N/c1-13(16-2)15(11-7-4-8-12-15)14-9-5-3-6-10-14/h3,5-6,9-10,13,16H,4,7-8,11-12H2,1-2H3. The summed E-state index contributed by atoms with van der Waals surface area (Å²) >= 11 is 0. The number of likely N-dealkylation sites (N-methyl/N-ethyl adjacent to an activating group) is 1. The molecule has 1 fully saturated rings. The van der Waals surface area contributed by atoms with Gasteiger partial charge in [0.1, 0.15) is 0 Å². The number of rotatable bonds is 3. The highest BCUT2D eigenvalue weighted by Crippen LogP contribution is 2.41. The van der Waals surface area contributed by atoms with E-state index in [-0.39, 0.29) is 0 Å². The summed E-state index contributed by atoms with van der Waals surface area (Å²) in [6, 6.07) is 11.6. The van der Waals surface area contributed by atoms with Crippen LogP contribution in [0.3, 0.4) is 0 Å². The summed E-state index contributed by atoms with van der Waals surface area (Å²) in [5, 5.41) is 3.47. The Bertz CT molecular complexity index is 311. The SMILES string of the molecule is CNC(C)C1(c2ccccc2)CCCCC1. The third kappa shape index (κ3) is 2.01. The lowest BCUT2D eigenvalue weighted by Gasteiger charge is -2.42. The van der Waals surface area contributed by atoms with Gasteiger partial charge in [-0.2, -0.15) is 0 Å². The van der Waals surface area contributed by atoms with E-state index in [4.69, 9.17) is 0 Å². The van der Waals surface area contributed by atoms with Crippen molar-refractivity contribution in [3.05, 3.63) is 35.9 Å². The molecule has 0 radical (unpaired) electrons. The molecular weight excluding hydrogens is 194 g/mol. The van der Waals surface area contributed by atoms with E-state index < -0.39 is 0 Å². The highest BCUT2D eigenvalue weighted by atomic mass is 14.9. The van der Waals surface area contributed by atoms with E-state index in [2.05, 4.69) is 49.6 Å². The molecule has 16 heavy (non-hydrogen) atoms. The maximum atomic E-state index is 3.47. The fourth-order valence-electron chi connectivity index (χ4n) is 3.20. The van der Waals surface area contributed by atoms with E-state index in [9.17, 15) is 0 Å². The second kappa shape index (κ2) is 5.01. The van der Waals surface area contributed by atoms with Crippen LogP contribution in [0, 0.1) is 0 Å². The Hall–Kier alpha value is -0.820. The highest BCUT2D eigenvalue weighted by molar-refractivity contribution is 5.28. The normalized spacial score (nSPS) is 21.6. The maximum absolute atomic E-state index is 3.47. The Morgan fingerprint density at radius 2 is 1.69 bits per heavy atom. The van der Waals surface area contributed by atoms with E-state index in [0.717, 1.165) is 0 Å². The molecule has 1 aliphatic rings. The highest BCUT2D eigenvalue weighted by Gasteiger charge is 2.37. The summed E-state index contributed by atoms with van der Waals surface area (Å²) in [5.41, 5.74) is 1.89. The van der Waals surface area contributed by atoms with E-state index >= 15 is 0 Å². The van der Waals surface area contributed by atoms with Crippen LogP contribution < -0.4 is 5.32 Å². The Labute approximate surface area is 99.3 Å². The molecule has 0 aromatic heterocycles. The third-order valence-corrected chi connectivity index (χ3v) is 4.36. The monoisotopic (exact) mass is 217 g/mol. The van der Waals surface area contributed by atoms with Crippen LogP contribution in [0.1, 0.15) is 44.6 Å². The second-order valence-corrected chi connectivity index (χ2v) is 5.09. The molecule has 1 aromatic rings. The molecular formula is C15H23N. The molecule has 0 aliphatic heterocycles. The molecule has 1 aromatic carbocycles. The van der Waals surface area contributed by atoms with Gasteiger partial charge in [-0.3, -0.25) is 0 Å². The van der Waals surface area contributed by atoms with Gasteiger partial charge in [0.2, 0.25) is 0 Å². The van der Waals surface area contributed by atoms with Gasteiger partial charge in [-0.25, -0.2) is 0 Å². The Kier molecular flexibility index (Phi) is 3.65. The van der Waals surface area contributed by atoms with E-state index in [1.54, 1.807) is 0 Å². The fraction of sp³-hybridized carbons (Fsp3) is 0.600. The first kappa shape index (κ1) is 11.7. The van der Waals surface area contributed by atoms with Crippen molar-refractivity contribution in [2.45, 2.75) is 50.5 Å². The van der Waals surface area contributed by atoms with Crippen LogP contribution in [0.4, 0.5) is 0 Å². The number of hydrogen-bond donors (Lipinski definition) is 1. The molecule has 88 valence electrons. The minimum atomic E-state index is 0.369. The van der Waals surface area contributed by atoms with Crippen LogP contribution in [0.25, 0.3) is 0 Å². The van der Waals surface area contributed by atoms with Crippen LogP contribution in [0.2, 0.25) is 0 Å². The molecule has 0 heterocycles. The fourth-order valence-corrected chi connectivity index (χ4v) is 3.20. The summed E-state index contributed by atoms with van der Waals surface area (Å²) in [7, 11) is 2.09. The van der Waals surface area contributed by atoms with Crippen LogP contribution in [0.15, 0.2) is 30.3 Å². The predicted molar refractivity (Wildman–Crippen MR) is 69.7 cm³/mol. The molecule has 1 atom stereocenters. The Balaban J connectivity index is 2.34. The van der Waals surface area contributed by atoms with E-state index in [0.29, 0.717) is 11.5 Å². The minimum absolute atomic E-state index is 0.369. The third-order valence-electron chi connectivity index (χ3n) is 4.36. The molecule has 1 nitrogen and oxygen atoms in total. The lowest BCUT2D eigenvalue weighted by molar-refractivity contribution is 0.231. The molecule has 1 saturated carbocycles. The Morgan fingerprint density at radius 1 is 1.06 bits per heavy atom. The van der Waals surface area contributed by atoms with Gasteiger partial charge >= 0.3 is 0 Å². The zero-order valence-corrected chi connectivity index (χ0v) is 10.5. The van der Waals surface area contributed by atoms with E-state index in [1.807, 2.05) is 0 Å². The smallest absolute Gasteiger partial charge is 0.0133 e. The Morgan fingerprint density at radius 3 is 2.25 bits per heavy atom. The molecule has 2 rings (SSSR count). The van der Waals surface area contributed by atoms with Gasteiger partial charge in [-0.05, 0) is 32.4 Å². The van der Waals surface area contributed by atoms with Crippen molar-refractivity contribution in [1.29, 1.82) is 0 Å². The summed E-state index contributed by atoms with van der Waals surface area (Å²) in [6.07, 6.45) is 6.82. The average Bonchev–Trinajstić information content (AvgIpc) is 2.39. The molecule has 0 bridgehead atoms. The predicted octanol–water partition coefficient (Wildman–Crippen LogP) is 3.50. The van der Waals surface area contributed by atoms with Crippen molar-refractivity contribution in [3.63, 3.8) is 0 Å². The summed E-state index contributed by atoms with van der Waals surface area (Å²) in [6.45, 7) is 2.33. The van der Waals surface area contributed by atoms with Gasteiger partial charge in [0.15, 0.2) is 0 Å². The molecule has 1 heteroatoms. The van der Waals surface area contributed by atoms with Crippen LogP contribution in [0.5, 0.6) is 0 Å². The van der Waals surface area contributed by atoms with Gasteiger partial charge in [0.25, 0.3) is 0 Å². The van der Waals surface area contributed by atoms with Crippen molar-refractivity contribution in [2.24, 2.45) is 0 Å². The molecule has 0 saturated heterocycles. The molecule has 0 amide bonds. The van der Waals surface area contributed by atoms with Gasteiger partial charge in [-0.15, -0.1) is 0 Å². The van der Waals surface area contributed by atoms with Crippen LogP contribution in [-0.4, -0.2) is 13.1 Å². The molecule has 1 N–H and O–H groups in total. The number of nitrogens with one attached hydrogen (secondary N) is 1. The quantitative estimate of drug-likeness (QED) is 0.817. The molecule has 1 aliphatic carbocycles. The van der Waals surface area contributed by atoms with Crippen molar-refractivity contribution >= 4 is 0 Å². The largest absolute Gasteiger partial charge is 0.316 e. The molecule has 1 unspecified atom stereocenters. The summed E-state index contributed by atoms with van der Waals surface area (Å²) < 4.78 is 0. The van der Waals surface area contributed by atoms with Gasteiger partial charge < -0.3 is 5.32 Å². The lowest BCUT2D eigenvalue weighted by Crippen LogP contribution is -2.46. The summed E-state index contributed by atoms with van der Waals surface area (Å²) in [4.78, 5) is 0. The second-order valence-electron chi connectivity index (χ2n) is 5.09. The first-order valence-corrected chi connectivity index (χ1v) is 6.52. The van der Waals surface area contributed by atoms with Crippen molar-refractivity contribution in [1.82, 2.24) is 5.32 Å². The zero-order valence-electron chi connectivity index (χ0n) is 10.5. The van der Waals surface area contributed by atoms with Crippen molar-refractivity contribution in [2.75, 3.05) is 7.05 Å². The van der Waals surface area contributed by atoms with Gasteiger partial charge in [0, 0.05) is 11.5 Å². The minimum Gasteiger partial charge on any atom is -0.316 e.